The van der Waals surface area contributed by atoms with Gasteiger partial charge in [-0.05, 0) is 24.3 Å². The number of halogens is 4. The Morgan fingerprint density at radius 1 is 1.09 bits per heavy atom. The van der Waals surface area contributed by atoms with Crippen molar-refractivity contribution in [1.82, 2.24) is 9.55 Å². The predicted molar refractivity (Wildman–Crippen MR) is 111 cm³/mol. The van der Waals surface area contributed by atoms with Gasteiger partial charge in [0.15, 0.2) is 5.82 Å². The molecule has 34 heavy (non-hydrogen) atoms. The first kappa shape index (κ1) is 25.3. The van der Waals surface area contributed by atoms with E-state index >= 15 is 0 Å². The number of ether oxygens (including phenoxy) is 1. The zero-order chi connectivity index (χ0) is 25.3. The summed E-state index contributed by atoms with van der Waals surface area (Å²) in [6, 6.07) is 6.32. The maximum absolute atomic E-state index is 13.9. The lowest BCUT2D eigenvalue weighted by atomic mass is 10.1. The molecule has 0 aliphatic carbocycles. The first-order valence-electron chi connectivity index (χ1n) is 9.39. The molecule has 0 N–H and O–H groups in total. The van der Waals surface area contributed by atoms with Crippen molar-refractivity contribution in [2.75, 3.05) is 14.2 Å². The van der Waals surface area contributed by atoms with Crippen molar-refractivity contribution in [3.63, 3.8) is 0 Å². The lowest BCUT2D eigenvalue weighted by molar-refractivity contribution is -0.388. The molecule has 0 radical (unpaired) electrons. The van der Waals surface area contributed by atoms with Crippen molar-refractivity contribution >= 4 is 13.3 Å². The van der Waals surface area contributed by atoms with Gasteiger partial charge in [-0.2, -0.15) is 13.2 Å². The third-order valence-electron chi connectivity index (χ3n) is 4.96. The molecule has 2 aromatic carbocycles. The van der Waals surface area contributed by atoms with E-state index in [0.29, 0.717) is 12.1 Å². The van der Waals surface area contributed by atoms with Gasteiger partial charge in [-0.3, -0.25) is 14.7 Å². The molecule has 9 nitrogen and oxygen atoms in total. The maximum atomic E-state index is 13.9. The van der Waals surface area contributed by atoms with Crippen LogP contribution in [0.25, 0.3) is 0 Å². The lowest BCUT2D eigenvalue weighted by Crippen LogP contribution is -2.38. The van der Waals surface area contributed by atoms with Crippen LogP contribution < -0.4 is 4.74 Å². The van der Waals surface area contributed by atoms with Gasteiger partial charge in [-0.25, -0.2) is 9.37 Å². The Morgan fingerprint density at radius 2 is 1.71 bits per heavy atom. The van der Waals surface area contributed by atoms with Gasteiger partial charge in [0.1, 0.15) is 17.1 Å². The van der Waals surface area contributed by atoms with Crippen LogP contribution in [0.15, 0.2) is 54.9 Å². The van der Waals surface area contributed by atoms with Crippen LogP contribution in [-0.2, 0) is 32.2 Å². The fourth-order valence-corrected chi connectivity index (χ4v) is 5.21. The van der Waals surface area contributed by atoms with Crippen LogP contribution in [0.2, 0.25) is 0 Å². The average Bonchev–Trinajstić information content (AvgIpc) is 3.22. The summed E-state index contributed by atoms with van der Waals surface area (Å²) in [7, 11) is -0.907. The van der Waals surface area contributed by atoms with Crippen molar-refractivity contribution in [3.8, 4) is 5.75 Å². The molecule has 3 aromatic rings. The smallest absolute Gasteiger partial charge is 0.423 e. The lowest BCUT2D eigenvalue weighted by Gasteiger charge is -2.37. The number of rotatable bonds is 8. The molecule has 0 saturated carbocycles. The molecule has 0 aliphatic heterocycles. The van der Waals surface area contributed by atoms with E-state index < -0.39 is 46.9 Å². The standard InChI is InChI=1S/C20H18F4N3O6P/c1-26-11-10-25-18(26)19(34(30,31-2)32-3,13-4-6-14(21)7-5-13)33-15-8-9-17(27(28)29)16(12-15)20(22,23)24/h4-12H,1-3H3. The van der Waals surface area contributed by atoms with Crippen LogP contribution in [0.3, 0.4) is 0 Å². The Morgan fingerprint density at radius 3 is 2.18 bits per heavy atom. The summed E-state index contributed by atoms with van der Waals surface area (Å²) in [5, 5.41) is 8.80. The Bertz CT molecular complexity index is 1240. The number of hydrogen-bond donors (Lipinski definition) is 0. The van der Waals surface area contributed by atoms with Gasteiger partial charge in [-0.15, -0.1) is 0 Å². The van der Waals surface area contributed by atoms with E-state index in [-0.39, 0.29) is 11.4 Å². The molecule has 14 heteroatoms. The van der Waals surface area contributed by atoms with Crippen LogP contribution in [0.5, 0.6) is 5.75 Å². The normalized spacial score (nSPS) is 14.0. The quantitative estimate of drug-likeness (QED) is 0.179. The number of nitrogens with zero attached hydrogens (tertiary/aromatic N) is 3. The molecule has 0 spiro atoms. The van der Waals surface area contributed by atoms with E-state index in [1.807, 2.05) is 0 Å². The van der Waals surface area contributed by atoms with E-state index in [1.54, 1.807) is 0 Å². The van der Waals surface area contributed by atoms with E-state index in [2.05, 4.69) is 4.98 Å². The highest BCUT2D eigenvalue weighted by Gasteiger charge is 2.59. The molecule has 1 aromatic heterocycles. The molecule has 1 heterocycles. The number of hydrogen-bond acceptors (Lipinski definition) is 7. The van der Waals surface area contributed by atoms with Crippen molar-refractivity contribution in [2.24, 2.45) is 7.05 Å². The Hall–Kier alpha value is -3.28. The molecule has 0 fully saturated rings. The summed E-state index contributed by atoms with van der Waals surface area (Å²) < 4.78 is 86.0. The third-order valence-corrected chi connectivity index (χ3v) is 7.24. The summed E-state index contributed by atoms with van der Waals surface area (Å²) in [5.41, 5.74) is -2.82. The SMILES string of the molecule is COP(=O)(OC)C(Oc1ccc([N+](=O)[O-])c(C(F)(F)F)c1)(c1ccc(F)cc1)c1nccn1C. The Balaban J connectivity index is 2.37. The minimum absolute atomic E-state index is 0.0258. The summed E-state index contributed by atoms with van der Waals surface area (Å²) in [6.45, 7) is 0. The highest BCUT2D eigenvalue weighted by atomic mass is 31.2. The number of benzene rings is 2. The van der Waals surface area contributed by atoms with Crippen LogP contribution in [0.1, 0.15) is 17.0 Å². The first-order valence-corrected chi connectivity index (χ1v) is 10.9. The van der Waals surface area contributed by atoms with E-state index in [0.717, 1.165) is 32.4 Å². The third kappa shape index (κ3) is 4.29. The second kappa shape index (κ2) is 9.16. The number of aryl methyl sites for hydroxylation is 1. The fourth-order valence-electron chi connectivity index (χ4n) is 3.41. The number of nitro groups is 1. The van der Waals surface area contributed by atoms with Crippen LogP contribution in [0.4, 0.5) is 23.2 Å². The Kier molecular flexibility index (Phi) is 6.83. The van der Waals surface area contributed by atoms with Crippen molar-refractivity contribution < 1.29 is 40.8 Å². The molecule has 0 aliphatic rings. The van der Waals surface area contributed by atoms with Crippen LogP contribution >= 0.6 is 7.60 Å². The molecular weight excluding hydrogens is 485 g/mol. The number of nitro benzene ring substituents is 1. The molecule has 0 bridgehead atoms. The molecule has 0 saturated heterocycles. The van der Waals surface area contributed by atoms with E-state index in [1.165, 1.54) is 36.1 Å². The minimum Gasteiger partial charge on any atom is -0.462 e. The number of alkyl halides is 3. The monoisotopic (exact) mass is 503 g/mol. The van der Waals surface area contributed by atoms with Crippen LogP contribution in [-0.4, -0.2) is 28.7 Å². The second-order valence-electron chi connectivity index (χ2n) is 6.91. The van der Waals surface area contributed by atoms with Crippen molar-refractivity contribution in [1.29, 1.82) is 0 Å². The minimum atomic E-state index is -5.10. The topological polar surface area (TPSA) is 106 Å². The second-order valence-corrected chi connectivity index (χ2v) is 9.27. The molecular formula is C20H18F4N3O6P. The van der Waals surface area contributed by atoms with Crippen molar-refractivity contribution in [2.45, 2.75) is 11.5 Å². The summed E-state index contributed by atoms with van der Waals surface area (Å²) in [5.74, 6) is -1.32. The molecule has 1 unspecified atom stereocenters. The fraction of sp³-hybridized carbons (Fsp3) is 0.250. The van der Waals surface area contributed by atoms with Gasteiger partial charge >= 0.3 is 13.8 Å². The van der Waals surface area contributed by atoms with E-state index in [9.17, 15) is 32.2 Å². The van der Waals surface area contributed by atoms with Crippen LogP contribution in [0, 0.1) is 15.9 Å². The zero-order valence-corrected chi connectivity index (χ0v) is 18.8. The Labute approximate surface area is 190 Å². The zero-order valence-electron chi connectivity index (χ0n) is 17.9. The number of imidazole rings is 1. The molecule has 3 rings (SSSR count). The van der Waals surface area contributed by atoms with Gasteiger partial charge in [-0.1, -0.05) is 12.1 Å². The summed E-state index contributed by atoms with van der Waals surface area (Å²) in [6.07, 6.45) is -2.34. The van der Waals surface area contributed by atoms with Gasteiger partial charge < -0.3 is 18.4 Å². The first-order chi connectivity index (χ1) is 15.9. The number of aromatic nitrogens is 2. The van der Waals surface area contributed by atoms with E-state index in [4.69, 9.17) is 13.8 Å². The molecule has 0 amide bonds. The summed E-state index contributed by atoms with van der Waals surface area (Å²) >= 11 is 0. The highest BCUT2D eigenvalue weighted by molar-refractivity contribution is 7.55. The summed E-state index contributed by atoms with van der Waals surface area (Å²) in [4.78, 5) is 14.1. The van der Waals surface area contributed by atoms with Crippen molar-refractivity contribution in [3.05, 3.63) is 87.7 Å². The van der Waals surface area contributed by atoms with Gasteiger partial charge in [0.05, 0.1) is 4.92 Å². The molecule has 182 valence electrons. The highest BCUT2D eigenvalue weighted by Crippen LogP contribution is 2.67. The average molecular weight is 503 g/mol. The largest absolute Gasteiger partial charge is 0.462 e. The maximum Gasteiger partial charge on any atom is 0.423 e. The van der Waals surface area contributed by atoms with Gasteiger partial charge in [0.25, 0.3) is 11.0 Å². The predicted octanol–water partition coefficient (Wildman–Crippen LogP) is 5.25. The van der Waals surface area contributed by atoms with Gasteiger partial charge in [0.2, 0.25) is 0 Å². The van der Waals surface area contributed by atoms with Gasteiger partial charge in [0, 0.05) is 45.3 Å². The molecule has 1 atom stereocenters.